The van der Waals surface area contributed by atoms with E-state index in [1.54, 1.807) is 6.20 Å². The maximum absolute atomic E-state index is 5.60. The summed E-state index contributed by atoms with van der Waals surface area (Å²) in [5, 5.41) is 3.21. The third-order valence-corrected chi connectivity index (χ3v) is 2.48. The Bertz CT molecular complexity index is 489. The highest BCUT2D eigenvalue weighted by atomic mass is 16.5. The van der Waals surface area contributed by atoms with E-state index in [1.807, 2.05) is 49.4 Å². The van der Waals surface area contributed by atoms with E-state index in [1.165, 1.54) is 0 Å². The van der Waals surface area contributed by atoms with Crippen molar-refractivity contribution in [2.45, 2.75) is 6.92 Å². The average Bonchev–Trinajstić information content (AvgIpc) is 2.47. The predicted octanol–water partition coefficient (Wildman–Crippen LogP) is 2.97. The number of hydrogen-bond acceptors (Lipinski definition) is 4. The van der Waals surface area contributed by atoms with Crippen molar-refractivity contribution in [3.05, 3.63) is 48.7 Å². The van der Waals surface area contributed by atoms with Crippen molar-refractivity contribution in [3.8, 4) is 11.5 Å². The van der Waals surface area contributed by atoms with Gasteiger partial charge < -0.3 is 14.8 Å². The van der Waals surface area contributed by atoms with Gasteiger partial charge in [0.05, 0.1) is 13.2 Å². The normalized spacial score (nSPS) is 9.95. The van der Waals surface area contributed by atoms with Crippen molar-refractivity contribution in [3.63, 3.8) is 0 Å². The molecule has 0 saturated carbocycles. The molecule has 0 amide bonds. The predicted molar refractivity (Wildman–Crippen MR) is 75.8 cm³/mol. The van der Waals surface area contributed by atoms with Crippen LogP contribution in [0.4, 0.5) is 5.82 Å². The Hall–Kier alpha value is -2.23. The summed E-state index contributed by atoms with van der Waals surface area (Å²) in [5.74, 6) is 2.39. The van der Waals surface area contributed by atoms with Crippen LogP contribution in [0.1, 0.15) is 6.92 Å². The average molecular weight is 258 g/mol. The van der Waals surface area contributed by atoms with Crippen molar-refractivity contribution < 1.29 is 9.47 Å². The van der Waals surface area contributed by atoms with E-state index in [2.05, 4.69) is 10.3 Å². The zero-order chi connectivity index (χ0) is 13.3. The van der Waals surface area contributed by atoms with E-state index in [0.717, 1.165) is 17.3 Å². The second kappa shape index (κ2) is 7.26. The first-order valence-electron chi connectivity index (χ1n) is 6.39. The standard InChI is InChI=1S/C15H18N2O2/c1-2-18-14-9-6-10-16-15(14)17-11-12-19-13-7-4-3-5-8-13/h3-10H,2,11-12H2,1H3,(H,16,17). The Balaban J connectivity index is 1.79. The van der Waals surface area contributed by atoms with E-state index < -0.39 is 0 Å². The van der Waals surface area contributed by atoms with Crippen LogP contribution in [0.15, 0.2) is 48.7 Å². The van der Waals surface area contributed by atoms with Crippen LogP contribution in [0.3, 0.4) is 0 Å². The summed E-state index contributed by atoms with van der Waals surface area (Å²) in [4.78, 5) is 4.25. The summed E-state index contributed by atoms with van der Waals surface area (Å²) in [5.41, 5.74) is 0. The molecule has 19 heavy (non-hydrogen) atoms. The summed E-state index contributed by atoms with van der Waals surface area (Å²) < 4.78 is 11.1. The fraction of sp³-hybridized carbons (Fsp3) is 0.267. The highest BCUT2D eigenvalue weighted by molar-refractivity contribution is 5.49. The molecule has 0 spiro atoms. The molecule has 0 atom stereocenters. The zero-order valence-electron chi connectivity index (χ0n) is 11.0. The molecule has 4 heteroatoms. The van der Waals surface area contributed by atoms with Gasteiger partial charge in [-0.05, 0) is 31.2 Å². The molecule has 0 fully saturated rings. The number of rotatable bonds is 7. The molecule has 4 nitrogen and oxygen atoms in total. The maximum atomic E-state index is 5.60. The van der Waals surface area contributed by atoms with Gasteiger partial charge in [-0.25, -0.2) is 4.98 Å². The van der Waals surface area contributed by atoms with Gasteiger partial charge in [-0.3, -0.25) is 0 Å². The number of ether oxygens (including phenoxy) is 2. The molecule has 100 valence electrons. The lowest BCUT2D eigenvalue weighted by molar-refractivity contribution is 0.329. The molecule has 0 radical (unpaired) electrons. The molecule has 1 heterocycles. The van der Waals surface area contributed by atoms with Crippen molar-refractivity contribution in [2.75, 3.05) is 25.1 Å². The fourth-order valence-electron chi connectivity index (χ4n) is 1.65. The van der Waals surface area contributed by atoms with E-state index in [-0.39, 0.29) is 0 Å². The molecule has 0 aliphatic carbocycles. The number of hydrogen-bond donors (Lipinski definition) is 1. The highest BCUT2D eigenvalue weighted by Crippen LogP contribution is 2.20. The molecule has 2 rings (SSSR count). The SMILES string of the molecule is CCOc1cccnc1NCCOc1ccccc1. The first kappa shape index (κ1) is 13.2. The van der Waals surface area contributed by atoms with Crippen LogP contribution in [0.5, 0.6) is 11.5 Å². The van der Waals surface area contributed by atoms with Gasteiger partial charge in [0.1, 0.15) is 12.4 Å². The Kier molecular flexibility index (Phi) is 5.05. The van der Waals surface area contributed by atoms with Crippen LogP contribution in [-0.2, 0) is 0 Å². The molecule has 1 aromatic heterocycles. The third-order valence-electron chi connectivity index (χ3n) is 2.48. The van der Waals surface area contributed by atoms with Crippen LogP contribution in [0.2, 0.25) is 0 Å². The van der Waals surface area contributed by atoms with Gasteiger partial charge >= 0.3 is 0 Å². The minimum absolute atomic E-state index is 0.576. The molecule has 0 aliphatic heterocycles. The summed E-state index contributed by atoms with van der Waals surface area (Å²) in [6, 6.07) is 13.5. The van der Waals surface area contributed by atoms with Gasteiger partial charge in [0.25, 0.3) is 0 Å². The topological polar surface area (TPSA) is 43.4 Å². The quantitative estimate of drug-likeness (QED) is 0.775. The second-order valence-electron chi connectivity index (χ2n) is 3.87. The lowest BCUT2D eigenvalue weighted by Crippen LogP contribution is -2.13. The number of aromatic nitrogens is 1. The maximum Gasteiger partial charge on any atom is 0.168 e. The second-order valence-corrected chi connectivity index (χ2v) is 3.87. The Labute approximate surface area is 113 Å². The molecule has 0 bridgehead atoms. The molecule has 2 aromatic rings. The lowest BCUT2D eigenvalue weighted by Gasteiger charge is -2.11. The van der Waals surface area contributed by atoms with Gasteiger partial charge in [-0.1, -0.05) is 18.2 Å². The van der Waals surface area contributed by atoms with Gasteiger partial charge in [-0.2, -0.15) is 0 Å². The first-order chi connectivity index (χ1) is 9.40. The summed E-state index contributed by atoms with van der Waals surface area (Å²) in [6.07, 6.45) is 1.74. The molecule has 0 saturated heterocycles. The van der Waals surface area contributed by atoms with Gasteiger partial charge in [0.2, 0.25) is 0 Å². The number of pyridine rings is 1. The Morgan fingerprint density at radius 1 is 1.05 bits per heavy atom. The fourth-order valence-corrected chi connectivity index (χ4v) is 1.65. The smallest absolute Gasteiger partial charge is 0.168 e. The minimum atomic E-state index is 0.576. The van der Waals surface area contributed by atoms with E-state index in [0.29, 0.717) is 19.8 Å². The number of nitrogens with one attached hydrogen (secondary N) is 1. The van der Waals surface area contributed by atoms with Crippen molar-refractivity contribution >= 4 is 5.82 Å². The largest absolute Gasteiger partial charge is 0.492 e. The van der Waals surface area contributed by atoms with Gasteiger partial charge in [0.15, 0.2) is 11.6 Å². The van der Waals surface area contributed by atoms with E-state index in [4.69, 9.17) is 9.47 Å². The highest BCUT2D eigenvalue weighted by Gasteiger charge is 2.02. The van der Waals surface area contributed by atoms with Crippen LogP contribution in [0, 0.1) is 0 Å². The monoisotopic (exact) mass is 258 g/mol. The van der Waals surface area contributed by atoms with Crippen LogP contribution in [0.25, 0.3) is 0 Å². The zero-order valence-corrected chi connectivity index (χ0v) is 11.0. The van der Waals surface area contributed by atoms with Crippen LogP contribution < -0.4 is 14.8 Å². The Morgan fingerprint density at radius 2 is 1.89 bits per heavy atom. The van der Waals surface area contributed by atoms with E-state index >= 15 is 0 Å². The Morgan fingerprint density at radius 3 is 2.68 bits per heavy atom. The number of nitrogens with zero attached hydrogens (tertiary/aromatic N) is 1. The van der Waals surface area contributed by atoms with Crippen LogP contribution in [-0.4, -0.2) is 24.7 Å². The molecule has 0 unspecified atom stereocenters. The minimum Gasteiger partial charge on any atom is -0.492 e. The molecule has 1 aromatic carbocycles. The number of anilines is 1. The van der Waals surface area contributed by atoms with E-state index in [9.17, 15) is 0 Å². The first-order valence-corrected chi connectivity index (χ1v) is 6.39. The molecular formula is C15H18N2O2. The van der Waals surface area contributed by atoms with Gasteiger partial charge in [0, 0.05) is 6.20 Å². The molecular weight excluding hydrogens is 240 g/mol. The summed E-state index contributed by atoms with van der Waals surface area (Å²) in [6.45, 7) is 3.83. The van der Waals surface area contributed by atoms with Gasteiger partial charge in [-0.15, -0.1) is 0 Å². The van der Waals surface area contributed by atoms with Crippen molar-refractivity contribution in [1.29, 1.82) is 0 Å². The van der Waals surface area contributed by atoms with Crippen LogP contribution >= 0.6 is 0 Å². The number of benzene rings is 1. The molecule has 0 aliphatic rings. The third kappa shape index (κ3) is 4.17. The lowest BCUT2D eigenvalue weighted by atomic mass is 10.3. The van der Waals surface area contributed by atoms with Crippen molar-refractivity contribution in [1.82, 2.24) is 4.98 Å². The summed E-state index contributed by atoms with van der Waals surface area (Å²) >= 11 is 0. The van der Waals surface area contributed by atoms with Crippen molar-refractivity contribution in [2.24, 2.45) is 0 Å². The molecule has 1 N–H and O–H groups in total. The number of para-hydroxylation sites is 1. The summed E-state index contributed by atoms with van der Waals surface area (Å²) in [7, 11) is 0.